The van der Waals surface area contributed by atoms with E-state index in [9.17, 15) is 14.7 Å². The van der Waals surface area contributed by atoms with Crippen LogP contribution in [0.25, 0.3) is 0 Å². The molecule has 1 saturated heterocycles. The van der Waals surface area contributed by atoms with Crippen molar-refractivity contribution in [1.82, 2.24) is 4.90 Å². The predicted octanol–water partition coefficient (Wildman–Crippen LogP) is 3.52. The molecule has 0 atom stereocenters. The van der Waals surface area contributed by atoms with Crippen LogP contribution in [0.2, 0.25) is 0 Å². The van der Waals surface area contributed by atoms with Gasteiger partial charge in [0.1, 0.15) is 0 Å². The minimum atomic E-state index is -0.882. The molecule has 0 radical (unpaired) electrons. The van der Waals surface area contributed by atoms with Crippen molar-refractivity contribution in [2.75, 3.05) is 13.1 Å². The van der Waals surface area contributed by atoms with Crippen LogP contribution >= 0.6 is 0 Å². The lowest BCUT2D eigenvalue weighted by molar-refractivity contribution is -0.132. The molecule has 1 aromatic rings. The Balaban J connectivity index is 1.44. The number of carbonyl (C=O) groups excluding carboxylic acids is 1. The molecule has 2 heterocycles. The lowest BCUT2D eigenvalue weighted by Gasteiger charge is -2.32. The van der Waals surface area contributed by atoms with Crippen LogP contribution < -0.4 is 0 Å². The number of hydrogen-bond acceptors (Lipinski definition) is 4. The van der Waals surface area contributed by atoms with Gasteiger partial charge in [-0.05, 0) is 36.8 Å². The zero-order valence-electron chi connectivity index (χ0n) is 15.4. The van der Waals surface area contributed by atoms with Crippen LogP contribution in [0.3, 0.4) is 0 Å². The molecule has 0 bridgehead atoms. The lowest BCUT2D eigenvalue weighted by atomic mass is 9.88. The van der Waals surface area contributed by atoms with Gasteiger partial charge in [0.05, 0.1) is 5.56 Å². The van der Waals surface area contributed by atoms with Crippen molar-refractivity contribution in [3.63, 3.8) is 0 Å². The molecule has 3 rings (SSSR count). The summed E-state index contributed by atoms with van der Waals surface area (Å²) in [7, 11) is 0. The van der Waals surface area contributed by atoms with Gasteiger partial charge in [-0.1, -0.05) is 18.2 Å². The number of amides is 1. The topological polar surface area (TPSA) is 82.3 Å². The molecule has 1 N–H and O–H groups in total. The van der Waals surface area contributed by atoms with Gasteiger partial charge in [0, 0.05) is 38.8 Å². The average molecular weight is 367 g/mol. The largest absolute Gasteiger partial charge is 0.478 e. The van der Waals surface area contributed by atoms with Gasteiger partial charge in [0.15, 0.2) is 5.66 Å². The quantitative estimate of drug-likeness (QED) is 0.714. The summed E-state index contributed by atoms with van der Waals surface area (Å²) >= 11 is 0. The Hall–Kier alpha value is -2.68. The number of hydrogen-bond donors (Lipinski definition) is 1. The fourth-order valence-electron chi connectivity index (χ4n) is 3.74. The van der Waals surface area contributed by atoms with E-state index in [4.69, 9.17) is 6.42 Å². The van der Waals surface area contributed by atoms with Crippen molar-refractivity contribution in [1.29, 1.82) is 0 Å². The van der Waals surface area contributed by atoms with E-state index in [1.54, 1.807) is 12.1 Å². The summed E-state index contributed by atoms with van der Waals surface area (Å²) in [5.74, 6) is 2.27. The smallest absolute Gasteiger partial charge is 0.335 e. The number of carboxylic acid groups (broad SMARTS) is 1. The summed E-state index contributed by atoms with van der Waals surface area (Å²) in [6, 6.07) is 7.17. The molecule has 0 spiro atoms. The molecular formula is C21H25N3O3. The Bertz CT molecular complexity index is 767. The molecule has 2 aliphatic heterocycles. The van der Waals surface area contributed by atoms with Gasteiger partial charge in [-0.2, -0.15) is 10.2 Å². The number of terminal acetylenes is 1. The normalized spacial score (nSPS) is 18.1. The van der Waals surface area contributed by atoms with Gasteiger partial charge < -0.3 is 10.0 Å². The first-order chi connectivity index (χ1) is 13.0. The van der Waals surface area contributed by atoms with Crippen molar-refractivity contribution >= 4 is 11.9 Å². The number of piperidine rings is 1. The van der Waals surface area contributed by atoms with Gasteiger partial charge in [-0.3, -0.25) is 4.79 Å². The summed E-state index contributed by atoms with van der Waals surface area (Å²) < 4.78 is 0. The summed E-state index contributed by atoms with van der Waals surface area (Å²) in [4.78, 5) is 25.7. The predicted molar refractivity (Wildman–Crippen MR) is 101 cm³/mol. The Morgan fingerprint density at radius 3 is 2.56 bits per heavy atom. The Labute approximate surface area is 159 Å². The van der Waals surface area contributed by atoms with E-state index in [0.29, 0.717) is 30.7 Å². The average Bonchev–Trinajstić information content (AvgIpc) is 3.46. The maximum absolute atomic E-state index is 12.5. The molecule has 142 valence electrons. The SMILES string of the molecule is C#CCCC1(CCC(=O)N2CCC(Cc3ccccc3C(=O)O)CC2)N=N1. The highest BCUT2D eigenvalue weighted by Gasteiger charge is 2.39. The van der Waals surface area contributed by atoms with E-state index in [2.05, 4.69) is 16.1 Å². The molecule has 27 heavy (non-hydrogen) atoms. The van der Waals surface area contributed by atoms with Gasteiger partial charge >= 0.3 is 5.97 Å². The van der Waals surface area contributed by atoms with E-state index in [-0.39, 0.29) is 5.91 Å². The van der Waals surface area contributed by atoms with Gasteiger partial charge in [0.25, 0.3) is 0 Å². The first-order valence-corrected chi connectivity index (χ1v) is 9.49. The molecule has 2 aliphatic rings. The van der Waals surface area contributed by atoms with Crippen LogP contribution in [0, 0.1) is 18.3 Å². The number of nitrogens with zero attached hydrogens (tertiary/aromatic N) is 3. The third-order valence-electron chi connectivity index (χ3n) is 5.52. The zero-order chi connectivity index (χ0) is 19.3. The van der Waals surface area contributed by atoms with E-state index in [1.165, 1.54) is 0 Å². The van der Waals surface area contributed by atoms with Crippen molar-refractivity contribution in [3.05, 3.63) is 35.4 Å². The molecule has 1 amide bonds. The standard InChI is InChI=1S/C21H25N3O3/c1-2-3-11-21(22-23-21)12-8-19(25)24-13-9-16(10-14-24)15-17-6-4-5-7-18(17)20(26)27/h1,4-7,16H,3,8-15H2,(H,26,27). The van der Waals surface area contributed by atoms with Crippen molar-refractivity contribution in [2.24, 2.45) is 16.1 Å². The molecule has 6 nitrogen and oxygen atoms in total. The first-order valence-electron chi connectivity index (χ1n) is 9.49. The molecule has 1 aromatic carbocycles. The molecule has 1 fully saturated rings. The van der Waals surface area contributed by atoms with Crippen molar-refractivity contribution < 1.29 is 14.7 Å². The first kappa shape index (κ1) is 19.1. The van der Waals surface area contributed by atoms with Crippen LogP contribution in [-0.2, 0) is 11.2 Å². The second kappa shape index (κ2) is 8.34. The van der Waals surface area contributed by atoms with Crippen LogP contribution in [-0.4, -0.2) is 40.6 Å². The summed E-state index contributed by atoms with van der Waals surface area (Å²) in [5, 5.41) is 17.5. The third kappa shape index (κ3) is 4.94. The van der Waals surface area contributed by atoms with Crippen LogP contribution in [0.15, 0.2) is 34.5 Å². The maximum atomic E-state index is 12.5. The Kier molecular flexibility index (Phi) is 5.90. The van der Waals surface area contributed by atoms with Gasteiger partial charge in [-0.25, -0.2) is 4.79 Å². The van der Waals surface area contributed by atoms with Gasteiger partial charge in [0.2, 0.25) is 5.91 Å². The number of aromatic carboxylic acids is 1. The van der Waals surface area contributed by atoms with E-state index >= 15 is 0 Å². The highest BCUT2D eigenvalue weighted by molar-refractivity contribution is 5.89. The molecule has 0 saturated carbocycles. The second-order valence-corrected chi connectivity index (χ2v) is 7.38. The van der Waals surface area contributed by atoms with Gasteiger partial charge in [-0.15, -0.1) is 12.3 Å². The fourth-order valence-corrected chi connectivity index (χ4v) is 3.74. The molecule has 0 aliphatic carbocycles. The van der Waals surface area contributed by atoms with Crippen LogP contribution in [0.4, 0.5) is 0 Å². The van der Waals surface area contributed by atoms with E-state index in [1.807, 2.05) is 17.0 Å². The zero-order valence-corrected chi connectivity index (χ0v) is 15.4. The fraction of sp³-hybridized carbons (Fsp3) is 0.524. The summed E-state index contributed by atoms with van der Waals surface area (Å²) in [6.07, 6.45) is 10.3. The molecular weight excluding hydrogens is 342 g/mol. The number of carbonyl (C=O) groups is 2. The minimum absolute atomic E-state index is 0.150. The summed E-state index contributed by atoms with van der Waals surface area (Å²) in [6.45, 7) is 1.45. The molecule has 0 aromatic heterocycles. The minimum Gasteiger partial charge on any atom is -0.478 e. The summed E-state index contributed by atoms with van der Waals surface area (Å²) in [5.41, 5.74) is 0.855. The molecule has 6 heteroatoms. The lowest BCUT2D eigenvalue weighted by Crippen LogP contribution is -2.39. The van der Waals surface area contributed by atoms with E-state index in [0.717, 1.165) is 44.3 Å². The van der Waals surface area contributed by atoms with E-state index < -0.39 is 11.6 Å². The highest BCUT2D eigenvalue weighted by Crippen LogP contribution is 2.38. The van der Waals surface area contributed by atoms with Crippen molar-refractivity contribution in [2.45, 2.75) is 50.6 Å². The maximum Gasteiger partial charge on any atom is 0.335 e. The molecule has 0 unspecified atom stereocenters. The highest BCUT2D eigenvalue weighted by atomic mass is 16.4. The van der Waals surface area contributed by atoms with Crippen LogP contribution in [0.5, 0.6) is 0 Å². The second-order valence-electron chi connectivity index (χ2n) is 7.38. The van der Waals surface area contributed by atoms with Crippen LogP contribution in [0.1, 0.15) is 54.4 Å². The Morgan fingerprint density at radius 1 is 1.22 bits per heavy atom. The number of rotatable bonds is 8. The van der Waals surface area contributed by atoms with Crippen molar-refractivity contribution in [3.8, 4) is 12.3 Å². The Morgan fingerprint density at radius 2 is 1.93 bits per heavy atom. The monoisotopic (exact) mass is 367 g/mol. The number of carboxylic acids is 1. The third-order valence-corrected chi connectivity index (χ3v) is 5.52. The number of benzene rings is 1. The number of likely N-dealkylation sites (tertiary alicyclic amines) is 1.